The summed E-state index contributed by atoms with van der Waals surface area (Å²) < 4.78 is 16.7. The van der Waals surface area contributed by atoms with Crippen LogP contribution in [-0.4, -0.2) is 63.4 Å². The van der Waals surface area contributed by atoms with Crippen LogP contribution in [0.2, 0.25) is 0 Å². The maximum atomic E-state index is 12.8. The Hall–Kier alpha value is -3.26. The molecule has 0 unspecified atom stereocenters. The van der Waals surface area contributed by atoms with Gasteiger partial charge in [-0.1, -0.05) is 12.1 Å². The van der Waals surface area contributed by atoms with Crippen LogP contribution in [0.5, 0.6) is 17.2 Å². The van der Waals surface area contributed by atoms with E-state index in [2.05, 4.69) is 14.9 Å². The molecular formula is C23H30N4O4. The first kappa shape index (κ1) is 22.4. The number of rotatable bonds is 9. The van der Waals surface area contributed by atoms with Crippen LogP contribution in [0.3, 0.4) is 0 Å². The van der Waals surface area contributed by atoms with E-state index < -0.39 is 0 Å². The van der Waals surface area contributed by atoms with Crippen LogP contribution in [0.15, 0.2) is 35.1 Å². The van der Waals surface area contributed by atoms with Crippen molar-refractivity contribution in [1.29, 1.82) is 0 Å². The highest BCUT2D eigenvalue weighted by Gasteiger charge is 2.17. The zero-order valence-electron chi connectivity index (χ0n) is 19.0. The Morgan fingerprint density at radius 1 is 1.10 bits per heavy atom. The zero-order valence-corrected chi connectivity index (χ0v) is 19.0. The van der Waals surface area contributed by atoms with E-state index in [0.29, 0.717) is 47.1 Å². The highest BCUT2D eigenvalue weighted by molar-refractivity contribution is 5.86. The summed E-state index contributed by atoms with van der Waals surface area (Å²) in [6, 6.07) is 9.69. The molecule has 0 bridgehead atoms. The van der Waals surface area contributed by atoms with Crippen molar-refractivity contribution in [3.05, 3.63) is 51.8 Å². The molecule has 0 saturated heterocycles. The minimum Gasteiger partial charge on any atom is -0.493 e. The topological polar surface area (TPSA) is 79.9 Å². The van der Waals surface area contributed by atoms with Gasteiger partial charge in [-0.25, -0.2) is 0 Å². The molecule has 1 heterocycles. The van der Waals surface area contributed by atoms with Crippen LogP contribution in [0, 0.1) is 6.92 Å². The molecule has 3 rings (SSSR count). The first-order valence-corrected chi connectivity index (χ1v) is 10.1. The van der Waals surface area contributed by atoms with Crippen LogP contribution in [0.1, 0.15) is 11.1 Å². The predicted octanol–water partition coefficient (Wildman–Crippen LogP) is 2.83. The first-order chi connectivity index (χ1) is 14.8. The number of aryl methyl sites for hydroxylation is 1. The Morgan fingerprint density at radius 3 is 2.55 bits per heavy atom. The fraction of sp³-hybridized carbons (Fsp3) is 0.391. The van der Waals surface area contributed by atoms with Crippen LogP contribution in [0.25, 0.3) is 10.9 Å². The van der Waals surface area contributed by atoms with E-state index in [1.807, 2.05) is 57.2 Å². The van der Waals surface area contributed by atoms with Gasteiger partial charge in [0.25, 0.3) is 5.56 Å². The second kappa shape index (κ2) is 9.70. The largest absolute Gasteiger partial charge is 0.493 e. The molecule has 0 amide bonds. The summed E-state index contributed by atoms with van der Waals surface area (Å²) in [5, 5.41) is 0.492. The standard InChI is InChI=1S/C23H30N4O4/c1-15-20-18(13-19(29-5)21(15)30-6)24-23(25-22(20)28)27(4)14-16-8-7-9-17(12-16)31-11-10-26(2)3/h7-9,12-13H,10-11,14H2,1-6H3,(H,24,25,28). The molecule has 31 heavy (non-hydrogen) atoms. The number of hydrogen-bond acceptors (Lipinski definition) is 7. The molecule has 0 aliphatic rings. The minimum absolute atomic E-state index is 0.310. The van der Waals surface area contributed by atoms with Gasteiger partial charge in [-0.3, -0.25) is 4.79 Å². The maximum absolute atomic E-state index is 12.8. The highest BCUT2D eigenvalue weighted by Crippen LogP contribution is 2.35. The van der Waals surface area contributed by atoms with Crippen LogP contribution >= 0.6 is 0 Å². The van der Waals surface area contributed by atoms with Gasteiger partial charge in [-0.2, -0.15) is 4.98 Å². The lowest BCUT2D eigenvalue weighted by molar-refractivity contribution is 0.261. The van der Waals surface area contributed by atoms with Crippen LogP contribution in [0.4, 0.5) is 5.95 Å². The van der Waals surface area contributed by atoms with Gasteiger partial charge in [0.2, 0.25) is 5.95 Å². The number of aromatic amines is 1. The summed E-state index contributed by atoms with van der Waals surface area (Å²) in [5.74, 6) is 2.39. The zero-order chi connectivity index (χ0) is 22.5. The molecular weight excluding hydrogens is 396 g/mol. The molecule has 166 valence electrons. The summed E-state index contributed by atoms with van der Waals surface area (Å²) in [4.78, 5) is 24.3. The van der Waals surface area contributed by atoms with Gasteiger partial charge >= 0.3 is 0 Å². The molecule has 0 atom stereocenters. The summed E-state index contributed by atoms with van der Waals surface area (Å²) in [6.07, 6.45) is 0. The van der Waals surface area contributed by atoms with Crippen molar-refractivity contribution in [2.45, 2.75) is 13.5 Å². The summed E-state index contributed by atoms with van der Waals surface area (Å²) >= 11 is 0. The SMILES string of the molecule is COc1cc2[nH]c(N(C)Cc3cccc(OCCN(C)C)c3)nc(=O)c2c(C)c1OC. The molecule has 0 radical (unpaired) electrons. The van der Waals surface area contributed by atoms with Crippen LogP contribution < -0.4 is 24.7 Å². The number of aromatic nitrogens is 2. The number of nitrogens with one attached hydrogen (secondary N) is 1. The Labute approximate surface area is 182 Å². The van der Waals surface area contributed by atoms with E-state index in [1.54, 1.807) is 20.3 Å². The Balaban J connectivity index is 1.86. The lowest BCUT2D eigenvalue weighted by Crippen LogP contribution is -2.23. The number of methoxy groups -OCH3 is 2. The second-order valence-corrected chi connectivity index (χ2v) is 7.68. The van der Waals surface area contributed by atoms with Crippen molar-refractivity contribution in [3.8, 4) is 17.2 Å². The fourth-order valence-electron chi connectivity index (χ4n) is 3.46. The molecule has 1 N–H and O–H groups in total. The monoisotopic (exact) mass is 426 g/mol. The third-order valence-corrected chi connectivity index (χ3v) is 5.06. The number of hydrogen-bond donors (Lipinski definition) is 1. The van der Waals surface area contributed by atoms with E-state index in [1.165, 1.54) is 0 Å². The number of anilines is 1. The molecule has 0 fully saturated rings. The highest BCUT2D eigenvalue weighted by atomic mass is 16.5. The molecule has 0 aliphatic carbocycles. The third-order valence-electron chi connectivity index (χ3n) is 5.06. The van der Waals surface area contributed by atoms with E-state index in [0.717, 1.165) is 17.9 Å². The Morgan fingerprint density at radius 2 is 1.87 bits per heavy atom. The van der Waals surface area contributed by atoms with E-state index in [4.69, 9.17) is 14.2 Å². The van der Waals surface area contributed by atoms with Gasteiger partial charge in [-0.05, 0) is 38.7 Å². The molecule has 3 aromatic rings. The van der Waals surface area contributed by atoms with Gasteiger partial charge in [0.05, 0.1) is 25.1 Å². The summed E-state index contributed by atoms with van der Waals surface area (Å²) in [5.41, 5.74) is 2.09. The van der Waals surface area contributed by atoms with Gasteiger partial charge < -0.3 is 29.0 Å². The van der Waals surface area contributed by atoms with Crippen molar-refractivity contribution in [2.24, 2.45) is 0 Å². The van der Waals surface area contributed by atoms with Crippen molar-refractivity contribution in [1.82, 2.24) is 14.9 Å². The number of benzene rings is 2. The van der Waals surface area contributed by atoms with Crippen molar-refractivity contribution in [3.63, 3.8) is 0 Å². The lowest BCUT2D eigenvalue weighted by atomic mass is 10.1. The number of likely N-dealkylation sites (N-methyl/N-ethyl adjacent to an activating group) is 1. The van der Waals surface area contributed by atoms with Crippen molar-refractivity contribution >= 4 is 16.9 Å². The Kier molecular flexibility index (Phi) is 7.02. The van der Waals surface area contributed by atoms with E-state index in [-0.39, 0.29) is 5.56 Å². The Bertz CT molecular complexity index is 1110. The molecule has 8 heteroatoms. The summed E-state index contributed by atoms with van der Waals surface area (Å²) in [6.45, 7) is 3.86. The van der Waals surface area contributed by atoms with E-state index >= 15 is 0 Å². The minimum atomic E-state index is -0.310. The molecule has 0 spiro atoms. The third kappa shape index (κ3) is 5.08. The first-order valence-electron chi connectivity index (χ1n) is 10.1. The molecule has 0 saturated carbocycles. The number of nitrogens with zero attached hydrogens (tertiary/aromatic N) is 3. The number of H-pyrrole nitrogens is 1. The summed E-state index contributed by atoms with van der Waals surface area (Å²) in [7, 11) is 9.04. The normalized spacial score (nSPS) is 11.1. The number of ether oxygens (including phenoxy) is 3. The maximum Gasteiger partial charge on any atom is 0.282 e. The molecule has 2 aromatic carbocycles. The average molecular weight is 427 g/mol. The van der Waals surface area contributed by atoms with Gasteiger partial charge in [0, 0.05) is 31.8 Å². The van der Waals surface area contributed by atoms with Crippen molar-refractivity contribution < 1.29 is 14.2 Å². The van der Waals surface area contributed by atoms with Gasteiger partial charge in [0.1, 0.15) is 12.4 Å². The smallest absolute Gasteiger partial charge is 0.282 e. The second-order valence-electron chi connectivity index (χ2n) is 7.68. The molecule has 1 aromatic heterocycles. The van der Waals surface area contributed by atoms with Gasteiger partial charge in [0.15, 0.2) is 11.5 Å². The van der Waals surface area contributed by atoms with Crippen LogP contribution in [-0.2, 0) is 6.54 Å². The number of fused-ring (bicyclic) bond motifs is 1. The molecule has 8 nitrogen and oxygen atoms in total. The predicted molar refractivity (Wildman–Crippen MR) is 123 cm³/mol. The van der Waals surface area contributed by atoms with Gasteiger partial charge in [-0.15, -0.1) is 0 Å². The quantitative estimate of drug-likeness (QED) is 0.564. The van der Waals surface area contributed by atoms with Crippen molar-refractivity contribution in [2.75, 3.05) is 53.4 Å². The fourth-order valence-corrected chi connectivity index (χ4v) is 3.46. The lowest BCUT2D eigenvalue weighted by Gasteiger charge is -2.20. The van der Waals surface area contributed by atoms with E-state index in [9.17, 15) is 4.79 Å². The average Bonchev–Trinajstić information content (AvgIpc) is 2.73. The molecule has 0 aliphatic heterocycles.